The number of hydrogen-bond acceptors (Lipinski definition) is 5. The predicted molar refractivity (Wildman–Crippen MR) is 128 cm³/mol. The van der Waals surface area contributed by atoms with E-state index in [2.05, 4.69) is 41.5 Å². The minimum atomic E-state index is -0.0660. The number of nitrogens with zero attached hydrogens (tertiary/aromatic N) is 3. The maximum atomic E-state index is 12.4. The van der Waals surface area contributed by atoms with Gasteiger partial charge in [0.15, 0.2) is 11.0 Å². The van der Waals surface area contributed by atoms with Gasteiger partial charge >= 0.3 is 0 Å². The van der Waals surface area contributed by atoms with E-state index in [9.17, 15) is 4.79 Å². The number of anilines is 1. The van der Waals surface area contributed by atoms with Gasteiger partial charge in [0.25, 0.3) is 0 Å². The van der Waals surface area contributed by atoms with Gasteiger partial charge in [0.05, 0.1) is 5.75 Å². The predicted octanol–water partition coefficient (Wildman–Crippen LogP) is 4.93. The van der Waals surface area contributed by atoms with E-state index in [-0.39, 0.29) is 11.7 Å². The lowest BCUT2D eigenvalue weighted by Crippen LogP contribution is -2.14. The summed E-state index contributed by atoms with van der Waals surface area (Å²) in [6.45, 7) is 6.58. The lowest BCUT2D eigenvalue weighted by atomic mass is 9.88. The second kappa shape index (κ2) is 9.77. The zero-order valence-electron chi connectivity index (χ0n) is 19.2. The van der Waals surface area contributed by atoms with Crippen molar-refractivity contribution in [2.45, 2.75) is 58.2 Å². The quantitative estimate of drug-likeness (QED) is 0.517. The first kappa shape index (κ1) is 22.4. The summed E-state index contributed by atoms with van der Waals surface area (Å²) in [6.07, 6.45) is 4.82. The van der Waals surface area contributed by atoms with E-state index in [1.54, 1.807) is 0 Å². The van der Waals surface area contributed by atoms with Crippen molar-refractivity contribution in [3.8, 4) is 5.75 Å². The van der Waals surface area contributed by atoms with Crippen LogP contribution in [0.15, 0.2) is 35.5 Å². The zero-order chi connectivity index (χ0) is 22.7. The van der Waals surface area contributed by atoms with Crippen molar-refractivity contribution in [2.24, 2.45) is 7.05 Å². The number of benzene rings is 2. The summed E-state index contributed by atoms with van der Waals surface area (Å²) < 4.78 is 7.99. The Labute approximate surface area is 193 Å². The summed E-state index contributed by atoms with van der Waals surface area (Å²) >= 11 is 1.37. The van der Waals surface area contributed by atoms with Gasteiger partial charge in [0, 0.05) is 12.7 Å². The lowest BCUT2D eigenvalue weighted by Gasteiger charge is -2.20. The maximum absolute atomic E-state index is 12.4. The molecule has 1 amide bonds. The van der Waals surface area contributed by atoms with Crippen LogP contribution < -0.4 is 10.1 Å². The van der Waals surface area contributed by atoms with Crippen molar-refractivity contribution in [3.63, 3.8) is 0 Å². The van der Waals surface area contributed by atoms with Crippen molar-refractivity contribution in [2.75, 3.05) is 11.1 Å². The summed E-state index contributed by atoms with van der Waals surface area (Å²) in [4.78, 5) is 12.4. The monoisotopic (exact) mass is 450 g/mol. The third-order valence-electron chi connectivity index (χ3n) is 6.17. The van der Waals surface area contributed by atoms with Gasteiger partial charge in [-0.25, -0.2) is 0 Å². The van der Waals surface area contributed by atoms with E-state index in [1.165, 1.54) is 46.9 Å². The van der Waals surface area contributed by atoms with Crippen LogP contribution >= 0.6 is 11.8 Å². The van der Waals surface area contributed by atoms with Gasteiger partial charge in [-0.05, 0) is 92.5 Å². The molecule has 0 bridgehead atoms. The molecule has 168 valence electrons. The Kier molecular flexibility index (Phi) is 6.84. The van der Waals surface area contributed by atoms with E-state index in [1.807, 2.05) is 36.7 Å². The molecule has 0 unspecified atom stereocenters. The van der Waals surface area contributed by atoms with Gasteiger partial charge in [-0.3, -0.25) is 4.79 Å². The highest BCUT2D eigenvalue weighted by Crippen LogP contribution is 2.31. The molecule has 0 fully saturated rings. The summed E-state index contributed by atoms with van der Waals surface area (Å²) in [5, 5.41) is 12.1. The van der Waals surface area contributed by atoms with Crippen LogP contribution in [0.3, 0.4) is 0 Å². The normalized spacial score (nSPS) is 13.0. The lowest BCUT2D eigenvalue weighted by molar-refractivity contribution is -0.113. The van der Waals surface area contributed by atoms with Crippen LogP contribution in [0.25, 0.3) is 0 Å². The summed E-state index contributed by atoms with van der Waals surface area (Å²) in [7, 11) is 1.90. The van der Waals surface area contributed by atoms with Crippen LogP contribution in [0.2, 0.25) is 0 Å². The largest absolute Gasteiger partial charge is 0.485 e. The molecule has 1 N–H and O–H groups in total. The second-order valence-corrected chi connectivity index (χ2v) is 9.36. The van der Waals surface area contributed by atoms with Crippen LogP contribution in [0.5, 0.6) is 5.75 Å². The smallest absolute Gasteiger partial charge is 0.234 e. The number of nitrogens with one attached hydrogen (secondary N) is 1. The van der Waals surface area contributed by atoms with Crippen molar-refractivity contribution in [1.82, 2.24) is 14.8 Å². The highest BCUT2D eigenvalue weighted by atomic mass is 32.2. The first-order valence-corrected chi connectivity index (χ1v) is 12.0. The van der Waals surface area contributed by atoms with Gasteiger partial charge in [-0.1, -0.05) is 23.9 Å². The zero-order valence-corrected chi connectivity index (χ0v) is 20.0. The van der Waals surface area contributed by atoms with Crippen LogP contribution in [0.1, 0.15) is 46.5 Å². The number of carbonyl (C=O) groups excluding carboxylic acids is 1. The van der Waals surface area contributed by atoms with Crippen molar-refractivity contribution in [3.05, 3.63) is 64.0 Å². The number of ether oxygens (including phenoxy) is 1. The molecular formula is C25H30N4O2S. The number of aromatic nitrogens is 3. The molecule has 0 saturated carbocycles. The summed E-state index contributed by atoms with van der Waals surface area (Å²) in [5.74, 6) is 1.85. The van der Waals surface area contributed by atoms with Crippen LogP contribution in [-0.2, 0) is 31.3 Å². The molecule has 4 rings (SSSR count). The number of hydrogen-bond donors (Lipinski definition) is 1. The molecule has 1 aliphatic rings. The van der Waals surface area contributed by atoms with E-state index in [4.69, 9.17) is 4.74 Å². The molecule has 1 heterocycles. The molecule has 0 aliphatic heterocycles. The summed E-state index contributed by atoms with van der Waals surface area (Å²) in [6, 6.07) is 10.2. The summed E-state index contributed by atoms with van der Waals surface area (Å²) in [5.41, 5.74) is 7.31. The Morgan fingerprint density at radius 3 is 2.72 bits per heavy atom. The fourth-order valence-corrected chi connectivity index (χ4v) is 4.76. The van der Waals surface area contributed by atoms with E-state index in [0.717, 1.165) is 35.7 Å². The molecular weight excluding hydrogens is 420 g/mol. The first-order chi connectivity index (χ1) is 15.4. The van der Waals surface area contributed by atoms with Crippen molar-refractivity contribution < 1.29 is 9.53 Å². The minimum absolute atomic E-state index is 0.0660. The van der Waals surface area contributed by atoms with Crippen molar-refractivity contribution >= 4 is 23.4 Å². The Balaban J connectivity index is 1.33. The van der Waals surface area contributed by atoms with E-state index < -0.39 is 0 Å². The molecule has 0 spiro atoms. The third-order valence-corrected chi connectivity index (χ3v) is 7.19. The highest BCUT2D eigenvalue weighted by Gasteiger charge is 2.16. The Bertz CT molecular complexity index is 1140. The fraction of sp³-hybridized carbons (Fsp3) is 0.400. The molecule has 0 saturated heterocycles. The first-order valence-electron chi connectivity index (χ1n) is 11.0. The molecule has 32 heavy (non-hydrogen) atoms. The number of fused-ring (bicyclic) bond motifs is 1. The minimum Gasteiger partial charge on any atom is -0.485 e. The van der Waals surface area contributed by atoms with Crippen LogP contribution in [-0.4, -0.2) is 26.4 Å². The van der Waals surface area contributed by atoms with E-state index >= 15 is 0 Å². The van der Waals surface area contributed by atoms with Gasteiger partial charge in [0.2, 0.25) is 5.91 Å². The Morgan fingerprint density at radius 2 is 1.91 bits per heavy atom. The maximum Gasteiger partial charge on any atom is 0.234 e. The second-order valence-electron chi connectivity index (χ2n) is 8.42. The van der Waals surface area contributed by atoms with Gasteiger partial charge in [-0.2, -0.15) is 0 Å². The van der Waals surface area contributed by atoms with Crippen LogP contribution in [0, 0.1) is 20.8 Å². The molecule has 0 atom stereocenters. The molecule has 2 aromatic carbocycles. The number of aryl methyl sites for hydroxylation is 3. The van der Waals surface area contributed by atoms with Gasteiger partial charge in [0.1, 0.15) is 12.4 Å². The number of thioether (sulfide) groups is 1. The van der Waals surface area contributed by atoms with Crippen molar-refractivity contribution in [1.29, 1.82) is 0 Å². The van der Waals surface area contributed by atoms with Gasteiger partial charge in [-0.15, -0.1) is 10.2 Å². The van der Waals surface area contributed by atoms with Gasteiger partial charge < -0.3 is 14.6 Å². The average molecular weight is 451 g/mol. The van der Waals surface area contributed by atoms with E-state index in [0.29, 0.717) is 11.8 Å². The number of carbonyl (C=O) groups is 1. The number of rotatable bonds is 7. The molecule has 6 nitrogen and oxygen atoms in total. The number of amides is 1. The molecule has 3 aromatic rings. The SMILES string of the molecule is Cc1ccc(NC(=O)CSc2nnc(COc3ccc4c(c3C)CCCC4)n2C)cc1C. The fourth-order valence-electron chi connectivity index (χ4n) is 4.03. The molecule has 0 radical (unpaired) electrons. The molecule has 1 aromatic heterocycles. The highest BCUT2D eigenvalue weighted by molar-refractivity contribution is 7.99. The van der Waals surface area contributed by atoms with Crippen LogP contribution in [0.4, 0.5) is 5.69 Å². The Hall–Kier alpha value is -2.80. The average Bonchev–Trinajstić information content (AvgIpc) is 3.14. The third kappa shape index (κ3) is 4.99. The topological polar surface area (TPSA) is 69.0 Å². The Morgan fingerprint density at radius 1 is 1.09 bits per heavy atom. The molecule has 7 heteroatoms. The standard InChI is InChI=1S/C25H30N4O2S/c1-16-9-11-20(13-17(16)2)26-24(30)15-32-25-28-27-23(29(25)4)14-31-22-12-10-19-7-5-6-8-21(19)18(22)3/h9-13H,5-8,14-15H2,1-4H3,(H,26,30). The molecule has 1 aliphatic carbocycles.